The zero-order valence-corrected chi connectivity index (χ0v) is 10.6. The first-order chi connectivity index (χ1) is 6.64. The minimum atomic E-state index is 0.203. The van der Waals surface area contributed by atoms with E-state index in [-0.39, 0.29) is 5.54 Å². The molecule has 1 nitrogen and oxygen atoms in total. The minimum Gasteiger partial charge on any atom is -0.298 e. The Kier molecular flexibility index (Phi) is 7.26. The van der Waals surface area contributed by atoms with Crippen molar-refractivity contribution in [2.75, 3.05) is 13.1 Å². The van der Waals surface area contributed by atoms with Gasteiger partial charge in [0.1, 0.15) is 0 Å². The van der Waals surface area contributed by atoms with Crippen molar-refractivity contribution in [3.63, 3.8) is 0 Å². The average molecular weight is 198 g/mol. The maximum absolute atomic E-state index is 4.46. The molecule has 1 radical (unpaired) electrons. The molecule has 85 valence electrons. The number of nitrogens with zero attached hydrogens (tertiary/aromatic N) is 1. The van der Waals surface area contributed by atoms with Gasteiger partial charge < -0.3 is 0 Å². The quantitative estimate of drug-likeness (QED) is 0.572. The maximum Gasteiger partial charge on any atom is 0.0210 e. The topological polar surface area (TPSA) is 3.24 Å². The Morgan fingerprint density at radius 3 is 1.86 bits per heavy atom. The van der Waals surface area contributed by atoms with Gasteiger partial charge in [0.05, 0.1) is 0 Å². The molecule has 0 amide bonds. The molecule has 0 N–H and O–H groups in total. The van der Waals surface area contributed by atoms with Crippen LogP contribution in [-0.2, 0) is 0 Å². The molecule has 0 fully saturated rings. The number of hydrogen-bond acceptors (Lipinski definition) is 1. The second-order valence-electron chi connectivity index (χ2n) is 4.25. The van der Waals surface area contributed by atoms with Crippen LogP contribution in [0.4, 0.5) is 0 Å². The van der Waals surface area contributed by atoms with Gasteiger partial charge in [0, 0.05) is 5.54 Å². The van der Waals surface area contributed by atoms with Crippen molar-refractivity contribution in [2.45, 2.75) is 65.3 Å². The van der Waals surface area contributed by atoms with Crippen molar-refractivity contribution in [3.05, 3.63) is 6.92 Å². The van der Waals surface area contributed by atoms with Gasteiger partial charge >= 0.3 is 0 Å². The van der Waals surface area contributed by atoms with Crippen molar-refractivity contribution >= 4 is 0 Å². The van der Waals surface area contributed by atoms with Crippen molar-refractivity contribution < 1.29 is 0 Å². The fourth-order valence-electron chi connectivity index (χ4n) is 2.31. The van der Waals surface area contributed by atoms with Crippen LogP contribution >= 0.6 is 0 Å². The van der Waals surface area contributed by atoms with E-state index < -0.39 is 0 Å². The van der Waals surface area contributed by atoms with E-state index in [0.717, 1.165) is 13.1 Å². The molecular weight excluding hydrogens is 170 g/mol. The summed E-state index contributed by atoms with van der Waals surface area (Å²) in [5.41, 5.74) is 0.203. The lowest BCUT2D eigenvalue weighted by Crippen LogP contribution is -2.46. The highest BCUT2D eigenvalue weighted by Gasteiger charge is 2.27. The van der Waals surface area contributed by atoms with Crippen LogP contribution in [0.2, 0.25) is 0 Å². The summed E-state index contributed by atoms with van der Waals surface area (Å²) in [6.07, 6.45) is 6.31. The molecule has 1 atom stereocenters. The molecule has 0 bridgehead atoms. The van der Waals surface area contributed by atoms with E-state index in [1.54, 1.807) is 0 Å². The molecular formula is C13H28N. The van der Waals surface area contributed by atoms with Gasteiger partial charge in [-0.15, -0.1) is 0 Å². The summed E-state index contributed by atoms with van der Waals surface area (Å²) in [6, 6.07) is 0. The third-order valence-electron chi connectivity index (χ3n) is 3.15. The zero-order valence-electron chi connectivity index (χ0n) is 10.6. The summed E-state index contributed by atoms with van der Waals surface area (Å²) in [7, 11) is 0. The van der Waals surface area contributed by atoms with Crippen LogP contribution in [0, 0.1) is 6.92 Å². The van der Waals surface area contributed by atoms with Crippen molar-refractivity contribution in [1.29, 1.82) is 0 Å². The summed E-state index contributed by atoms with van der Waals surface area (Å²) in [6.45, 7) is 15.7. The van der Waals surface area contributed by atoms with Crippen LogP contribution in [0.25, 0.3) is 0 Å². The smallest absolute Gasteiger partial charge is 0.0210 e. The van der Waals surface area contributed by atoms with E-state index in [1.165, 1.54) is 32.1 Å². The van der Waals surface area contributed by atoms with E-state index in [4.69, 9.17) is 0 Å². The lowest BCUT2D eigenvalue weighted by atomic mass is 9.88. The summed E-state index contributed by atoms with van der Waals surface area (Å²) in [5, 5.41) is 0. The highest BCUT2D eigenvalue weighted by Crippen LogP contribution is 2.26. The zero-order chi connectivity index (χ0) is 11.0. The summed E-state index contributed by atoms with van der Waals surface area (Å²) >= 11 is 0. The van der Waals surface area contributed by atoms with E-state index in [1.807, 2.05) is 0 Å². The maximum atomic E-state index is 4.46. The van der Waals surface area contributed by atoms with Gasteiger partial charge in [0.25, 0.3) is 0 Å². The predicted molar refractivity (Wildman–Crippen MR) is 65.4 cm³/mol. The SMILES string of the molecule is [CH2]C(CCC)(CCCC)N(CC)CC. The van der Waals surface area contributed by atoms with E-state index in [9.17, 15) is 0 Å². The average Bonchev–Trinajstić information content (AvgIpc) is 2.17. The molecule has 0 saturated heterocycles. The standard InChI is InChI=1S/C13H28N/c1-6-10-12-13(5,11-7-2)14(8-3)9-4/h5-12H2,1-4H3. The normalized spacial score (nSPS) is 15.9. The van der Waals surface area contributed by atoms with Crippen LogP contribution in [0.1, 0.15) is 59.8 Å². The second-order valence-corrected chi connectivity index (χ2v) is 4.25. The van der Waals surface area contributed by atoms with Gasteiger partial charge in [-0.05, 0) is 32.9 Å². The monoisotopic (exact) mass is 198 g/mol. The fraction of sp³-hybridized carbons (Fsp3) is 0.923. The largest absolute Gasteiger partial charge is 0.298 e. The molecule has 1 heteroatoms. The third-order valence-corrected chi connectivity index (χ3v) is 3.15. The Balaban J connectivity index is 4.33. The molecule has 0 aromatic carbocycles. The van der Waals surface area contributed by atoms with Crippen molar-refractivity contribution in [1.82, 2.24) is 4.90 Å². The molecule has 0 aliphatic rings. The van der Waals surface area contributed by atoms with Gasteiger partial charge in [-0.3, -0.25) is 4.90 Å². The first kappa shape index (κ1) is 14.0. The second kappa shape index (κ2) is 7.28. The minimum absolute atomic E-state index is 0.203. The predicted octanol–water partition coefficient (Wildman–Crippen LogP) is 3.89. The molecule has 0 aromatic rings. The molecule has 0 spiro atoms. The number of unbranched alkanes of at least 4 members (excludes halogenated alkanes) is 1. The Morgan fingerprint density at radius 2 is 1.50 bits per heavy atom. The van der Waals surface area contributed by atoms with Crippen LogP contribution in [0.5, 0.6) is 0 Å². The highest BCUT2D eigenvalue weighted by atomic mass is 15.2. The summed E-state index contributed by atoms with van der Waals surface area (Å²) < 4.78 is 0. The van der Waals surface area contributed by atoms with Gasteiger partial charge in [0.2, 0.25) is 0 Å². The Labute approximate surface area is 90.9 Å². The van der Waals surface area contributed by atoms with Gasteiger partial charge in [-0.1, -0.05) is 47.0 Å². The van der Waals surface area contributed by atoms with E-state index in [0.29, 0.717) is 0 Å². The molecule has 0 rings (SSSR count). The lowest BCUT2D eigenvalue weighted by Gasteiger charge is -2.40. The molecule has 0 aliphatic carbocycles. The van der Waals surface area contributed by atoms with Gasteiger partial charge in [-0.2, -0.15) is 0 Å². The summed E-state index contributed by atoms with van der Waals surface area (Å²) in [4.78, 5) is 2.52. The van der Waals surface area contributed by atoms with Crippen molar-refractivity contribution in [3.8, 4) is 0 Å². The highest BCUT2D eigenvalue weighted by molar-refractivity contribution is 4.91. The Hall–Kier alpha value is -0.0400. The fourth-order valence-corrected chi connectivity index (χ4v) is 2.31. The Morgan fingerprint density at radius 1 is 0.929 bits per heavy atom. The van der Waals surface area contributed by atoms with Crippen LogP contribution in [0.15, 0.2) is 0 Å². The number of hydrogen-bond donors (Lipinski definition) is 0. The lowest BCUT2D eigenvalue weighted by molar-refractivity contribution is 0.119. The van der Waals surface area contributed by atoms with Gasteiger partial charge in [-0.25, -0.2) is 0 Å². The first-order valence-electron chi connectivity index (χ1n) is 6.25. The molecule has 0 aromatic heterocycles. The summed E-state index contributed by atoms with van der Waals surface area (Å²) in [5.74, 6) is 0. The van der Waals surface area contributed by atoms with Crippen LogP contribution < -0.4 is 0 Å². The van der Waals surface area contributed by atoms with E-state index in [2.05, 4.69) is 39.5 Å². The Bertz CT molecular complexity index is 129. The molecule has 0 saturated carbocycles. The molecule has 14 heavy (non-hydrogen) atoms. The van der Waals surface area contributed by atoms with Crippen molar-refractivity contribution in [2.24, 2.45) is 0 Å². The number of rotatable bonds is 8. The van der Waals surface area contributed by atoms with Crippen LogP contribution in [-0.4, -0.2) is 23.5 Å². The van der Waals surface area contributed by atoms with Crippen LogP contribution in [0.3, 0.4) is 0 Å². The third kappa shape index (κ3) is 4.00. The molecule has 0 heterocycles. The van der Waals surface area contributed by atoms with E-state index >= 15 is 0 Å². The first-order valence-corrected chi connectivity index (χ1v) is 6.25. The van der Waals surface area contributed by atoms with Gasteiger partial charge in [0.15, 0.2) is 0 Å². The molecule has 1 unspecified atom stereocenters. The molecule has 0 aliphatic heterocycles.